The molecule has 0 bridgehead atoms. The van der Waals surface area contributed by atoms with Gasteiger partial charge in [0.25, 0.3) is 0 Å². The molecule has 0 aromatic rings. The van der Waals surface area contributed by atoms with Crippen molar-refractivity contribution < 1.29 is 19.5 Å². The van der Waals surface area contributed by atoms with Crippen LogP contribution >= 0.6 is 0 Å². The van der Waals surface area contributed by atoms with E-state index in [1.54, 1.807) is 0 Å². The minimum absolute atomic E-state index is 0.0622. The molecule has 1 aliphatic rings. The molecule has 1 rings (SSSR count). The highest BCUT2D eigenvalue weighted by Crippen LogP contribution is 2.31. The molecule has 0 unspecified atom stereocenters. The fourth-order valence-corrected chi connectivity index (χ4v) is 2.27. The fraction of sp³-hybridized carbons (Fsp3) is 0.769. The Morgan fingerprint density at radius 1 is 1.38 bits per heavy atom. The zero-order valence-electron chi connectivity index (χ0n) is 12.5. The van der Waals surface area contributed by atoms with Gasteiger partial charge in [0, 0.05) is 32.2 Å². The van der Waals surface area contributed by atoms with Crippen molar-refractivity contribution in [1.82, 2.24) is 10.6 Å². The smallest absolute Gasteiger partial charge is 0.234 e. The van der Waals surface area contributed by atoms with Gasteiger partial charge >= 0.3 is 0 Å². The Labute approximate surface area is 124 Å². The number of ether oxygens (including phenoxy) is 1. The van der Waals surface area contributed by atoms with E-state index in [4.69, 9.17) is 15.7 Å². The van der Waals surface area contributed by atoms with E-state index in [2.05, 4.69) is 15.8 Å². The molecule has 8 heteroatoms. The van der Waals surface area contributed by atoms with Gasteiger partial charge in [-0.2, -0.15) is 0 Å². The van der Waals surface area contributed by atoms with Crippen molar-refractivity contribution in [2.75, 3.05) is 19.8 Å². The Kier molecular flexibility index (Phi) is 6.41. The monoisotopic (exact) mass is 300 g/mol. The quantitative estimate of drug-likeness (QED) is 0.229. The second kappa shape index (κ2) is 7.82. The van der Waals surface area contributed by atoms with Gasteiger partial charge < -0.3 is 26.3 Å². The second-order valence-electron chi connectivity index (χ2n) is 5.41. The van der Waals surface area contributed by atoms with E-state index >= 15 is 0 Å². The maximum Gasteiger partial charge on any atom is 0.234 e. The maximum absolute atomic E-state index is 12.4. The van der Waals surface area contributed by atoms with Crippen LogP contribution in [0.4, 0.5) is 0 Å². The Morgan fingerprint density at radius 3 is 2.52 bits per heavy atom. The van der Waals surface area contributed by atoms with Crippen molar-refractivity contribution in [3.8, 4) is 0 Å². The highest BCUT2D eigenvalue weighted by molar-refractivity contribution is 6.06. The molecule has 1 saturated heterocycles. The van der Waals surface area contributed by atoms with Gasteiger partial charge in [-0.1, -0.05) is 5.16 Å². The first-order chi connectivity index (χ1) is 9.92. The van der Waals surface area contributed by atoms with Gasteiger partial charge in [-0.3, -0.25) is 9.59 Å². The Morgan fingerprint density at radius 2 is 2.00 bits per heavy atom. The maximum atomic E-state index is 12.4. The predicted molar refractivity (Wildman–Crippen MR) is 76.8 cm³/mol. The lowest BCUT2D eigenvalue weighted by Gasteiger charge is -2.34. The van der Waals surface area contributed by atoms with Crippen molar-refractivity contribution in [2.24, 2.45) is 16.3 Å². The number of rotatable bonds is 6. The molecule has 0 aromatic heterocycles. The van der Waals surface area contributed by atoms with E-state index in [9.17, 15) is 9.59 Å². The van der Waals surface area contributed by atoms with Crippen LogP contribution in [0.1, 0.15) is 33.1 Å². The molecule has 0 saturated carbocycles. The summed E-state index contributed by atoms with van der Waals surface area (Å²) in [6, 6.07) is 0.0622. The third-order valence-corrected chi connectivity index (χ3v) is 3.47. The van der Waals surface area contributed by atoms with E-state index in [-0.39, 0.29) is 36.7 Å². The summed E-state index contributed by atoms with van der Waals surface area (Å²) in [7, 11) is 0. The van der Waals surface area contributed by atoms with Crippen LogP contribution in [0.5, 0.6) is 0 Å². The molecule has 1 aliphatic heterocycles. The molecule has 0 atom stereocenters. The molecular weight excluding hydrogens is 276 g/mol. The first-order valence-corrected chi connectivity index (χ1v) is 7.06. The van der Waals surface area contributed by atoms with Crippen LogP contribution in [-0.4, -0.2) is 48.7 Å². The lowest BCUT2D eigenvalue weighted by molar-refractivity contribution is -0.131. The van der Waals surface area contributed by atoms with Crippen molar-refractivity contribution in [2.45, 2.75) is 39.2 Å². The molecule has 1 fully saturated rings. The summed E-state index contributed by atoms with van der Waals surface area (Å²) in [5, 5.41) is 17.3. The second-order valence-corrected chi connectivity index (χ2v) is 5.41. The Balaban J connectivity index is 2.56. The Bertz CT molecular complexity index is 403. The zero-order valence-corrected chi connectivity index (χ0v) is 12.5. The van der Waals surface area contributed by atoms with Crippen LogP contribution in [-0.2, 0) is 14.3 Å². The molecular formula is C13H24N4O4. The van der Waals surface area contributed by atoms with Gasteiger partial charge in [0.2, 0.25) is 11.8 Å². The average molecular weight is 300 g/mol. The van der Waals surface area contributed by atoms with E-state index in [1.807, 2.05) is 13.8 Å². The molecule has 120 valence electrons. The topological polar surface area (TPSA) is 126 Å². The first kappa shape index (κ1) is 17.2. The highest BCUT2D eigenvalue weighted by atomic mass is 16.5. The summed E-state index contributed by atoms with van der Waals surface area (Å²) >= 11 is 0. The normalized spacial score (nSPS) is 18.3. The van der Waals surface area contributed by atoms with Gasteiger partial charge in [-0.15, -0.1) is 0 Å². The number of nitrogens with one attached hydrogen (secondary N) is 2. The van der Waals surface area contributed by atoms with Crippen LogP contribution in [0.2, 0.25) is 0 Å². The van der Waals surface area contributed by atoms with Crippen molar-refractivity contribution in [1.29, 1.82) is 0 Å². The molecule has 1 heterocycles. The number of amidine groups is 1. The van der Waals surface area contributed by atoms with Gasteiger partial charge in [0.15, 0.2) is 5.84 Å². The van der Waals surface area contributed by atoms with Gasteiger partial charge in [0.05, 0.1) is 0 Å². The SMILES string of the molecule is CC(C)NC(=O)CCNC(=O)C1(C(N)=NO)CCOCC1. The molecule has 5 N–H and O–H groups in total. The van der Waals surface area contributed by atoms with Crippen LogP contribution in [0, 0.1) is 5.41 Å². The summed E-state index contributed by atoms with van der Waals surface area (Å²) in [5.74, 6) is -0.580. The predicted octanol–water partition coefficient (Wildman–Crippen LogP) is -0.439. The minimum atomic E-state index is -1.05. The summed E-state index contributed by atoms with van der Waals surface area (Å²) < 4.78 is 5.22. The number of carbonyl (C=O) groups excluding carboxylic acids is 2. The van der Waals surface area contributed by atoms with Crippen molar-refractivity contribution >= 4 is 17.6 Å². The minimum Gasteiger partial charge on any atom is -0.409 e. The third kappa shape index (κ3) is 4.59. The van der Waals surface area contributed by atoms with Gasteiger partial charge in [-0.05, 0) is 26.7 Å². The third-order valence-electron chi connectivity index (χ3n) is 3.47. The zero-order chi connectivity index (χ0) is 15.9. The van der Waals surface area contributed by atoms with Crippen LogP contribution < -0.4 is 16.4 Å². The van der Waals surface area contributed by atoms with Crippen molar-refractivity contribution in [3.63, 3.8) is 0 Å². The van der Waals surface area contributed by atoms with E-state index in [0.29, 0.717) is 26.1 Å². The largest absolute Gasteiger partial charge is 0.409 e. The van der Waals surface area contributed by atoms with E-state index in [1.165, 1.54) is 0 Å². The number of hydrogen-bond donors (Lipinski definition) is 4. The van der Waals surface area contributed by atoms with Crippen molar-refractivity contribution in [3.05, 3.63) is 0 Å². The summed E-state index contributed by atoms with van der Waals surface area (Å²) in [4.78, 5) is 23.9. The molecule has 0 aromatic carbocycles. The lowest BCUT2D eigenvalue weighted by Crippen LogP contribution is -2.53. The Hall–Kier alpha value is -1.83. The van der Waals surface area contributed by atoms with Crippen LogP contribution in [0.25, 0.3) is 0 Å². The number of oxime groups is 1. The van der Waals surface area contributed by atoms with Crippen LogP contribution in [0.3, 0.4) is 0 Å². The number of nitrogens with two attached hydrogens (primary N) is 1. The standard InChI is InChI=1S/C13H24N4O4/c1-9(2)16-10(18)3-6-15-12(19)13(11(14)17-20)4-7-21-8-5-13/h9,20H,3-8H2,1-2H3,(H2,14,17)(H,15,19)(H,16,18). The number of hydrogen-bond acceptors (Lipinski definition) is 5. The van der Waals surface area contributed by atoms with E-state index in [0.717, 1.165) is 0 Å². The molecule has 8 nitrogen and oxygen atoms in total. The summed E-state index contributed by atoms with van der Waals surface area (Å²) in [6.07, 6.45) is 0.895. The van der Waals surface area contributed by atoms with Gasteiger partial charge in [0.1, 0.15) is 5.41 Å². The van der Waals surface area contributed by atoms with E-state index < -0.39 is 5.41 Å². The molecule has 2 amide bonds. The molecule has 0 spiro atoms. The number of carbonyl (C=O) groups is 2. The number of amides is 2. The van der Waals surface area contributed by atoms with Gasteiger partial charge in [-0.25, -0.2) is 0 Å². The summed E-state index contributed by atoms with van der Waals surface area (Å²) in [5.41, 5.74) is 4.63. The molecule has 0 aliphatic carbocycles. The van der Waals surface area contributed by atoms with Crippen LogP contribution in [0.15, 0.2) is 5.16 Å². The first-order valence-electron chi connectivity index (χ1n) is 7.06. The average Bonchev–Trinajstić information content (AvgIpc) is 2.46. The molecule has 21 heavy (non-hydrogen) atoms. The summed E-state index contributed by atoms with van der Waals surface area (Å²) in [6.45, 7) is 4.69. The number of nitrogens with zero attached hydrogens (tertiary/aromatic N) is 1. The lowest BCUT2D eigenvalue weighted by atomic mass is 9.78. The fourth-order valence-electron chi connectivity index (χ4n) is 2.27. The highest BCUT2D eigenvalue weighted by Gasteiger charge is 2.44. The molecule has 0 radical (unpaired) electrons.